The van der Waals surface area contributed by atoms with Crippen LogP contribution in [0.5, 0.6) is 0 Å². The van der Waals surface area contributed by atoms with Gasteiger partial charge in [0.1, 0.15) is 0 Å². The maximum absolute atomic E-state index is 12.3. The first-order valence-corrected chi connectivity index (χ1v) is 8.86. The highest BCUT2D eigenvalue weighted by atomic mass is 35.5. The van der Waals surface area contributed by atoms with E-state index in [1.54, 1.807) is 30.3 Å². The summed E-state index contributed by atoms with van der Waals surface area (Å²) in [5.41, 5.74) is 1.39. The Hall–Kier alpha value is -1.82. The molecule has 3 aromatic rings. The quantitative estimate of drug-likeness (QED) is 0.474. The zero-order valence-electron chi connectivity index (χ0n) is 12.7. The fraction of sp³-hybridized carbons (Fsp3) is 0.118. The topological polar surface area (TPSA) is 47.8 Å². The second-order valence-corrected chi connectivity index (χ2v) is 6.85. The van der Waals surface area contributed by atoms with Crippen LogP contribution >= 0.6 is 35.0 Å². The second kappa shape index (κ2) is 7.38. The molecule has 0 aliphatic rings. The molecule has 4 nitrogen and oxygen atoms in total. The predicted octanol–water partition coefficient (Wildman–Crippen LogP) is 4.76. The lowest BCUT2D eigenvalue weighted by Crippen LogP contribution is -2.04. The van der Waals surface area contributed by atoms with E-state index in [2.05, 4.69) is 10.2 Å². The maximum Gasteiger partial charge on any atom is 0.191 e. The lowest BCUT2D eigenvalue weighted by molar-refractivity contribution is 0.102. The maximum atomic E-state index is 12.3. The summed E-state index contributed by atoms with van der Waals surface area (Å²) in [5.74, 6) is 0.897. The van der Waals surface area contributed by atoms with Gasteiger partial charge in [0, 0.05) is 23.2 Å². The van der Waals surface area contributed by atoms with Crippen LogP contribution in [-0.4, -0.2) is 26.3 Å². The van der Waals surface area contributed by atoms with E-state index in [0.717, 1.165) is 5.56 Å². The lowest BCUT2D eigenvalue weighted by atomic mass is 10.1. The molecular weight excluding hydrogens is 365 g/mol. The van der Waals surface area contributed by atoms with Crippen LogP contribution in [0.4, 0.5) is 0 Å². The van der Waals surface area contributed by atoms with Gasteiger partial charge in [-0.3, -0.25) is 4.79 Å². The molecule has 0 spiro atoms. The number of rotatable bonds is 5. The van der Waals surface area contributed by atoms with Crippen LogP contribution < -0.4 is 0 Å². The summed E-state index contributed by atoms with van der Waals surface area (Å²) in [6, 6.07) is 14.4. The molecule has 0 saturated heterocycles. The summed E-state index contributed by atoms with van der Waals surface area (Å²) in [4.78, 5) is 12.3. The van der Waals surface area contributed by atoms with Crippen LogP contribution in [0.2, 0.25) is 10.0 Å². The van der Waals surface area contributed by atoms with Crippen molar-refractivity contribution >= 4 is 40.7 Å². The number of carbonyl (C=O) groups excluding carboxylic acids is 1. The largest absolute Gasteiger partial charge is 0.305 e. The van der Waals surface area contributed by atoms with Crippen molar-refractivity contribution in [2.45, 2.75) is 5.16 Å². The van der Waals surface area contributed by atoms with E-state index >= 15 is 0 Å². The Morgan fingerprint density at radius 1 is 1.12 bits per heavy atom. The van der Waals surface area contributed by atoms with Crippen molar-refractivity contribution in [1.29, 1.82) is 0 Å². The number of hydrogen-bond acceptors (Lipinski definition) is 4. The monoisotopic (exact) mass is 377 g/mol. The Labute approximate surface area is 153 Å². The number of halogens is 2. The highest BCUT2D eigenvalue weighted by Gasteiger charge is 2.15. The first kappa shape index (κ1) is 17.0. The first-order chi connectivity index (χ1) is 11.6. The van der Waals surface area contributed by atoms with Crippen molar-refractivity contribution in [1.82, 2.24) is 14.8 Å². The molecule has 0 atom stereocenters. The van der Waals surface area contributed by atoms with Crippen molar-refractivity contribution in [2.75, 3.05) is 5.75 Å². The van der Waals surface area contributed by atoms with Gasteiger partial charge in [-0.15, -0.1) is 10.2 Å². The smallest absolute Gasteiger partial charge is 0.191 e. The molecule has 0 radical (unpaired) electrons. The van der Waals surface area contributed by atoms with Crippen molar-refractivity contribution in [3.63, 3.8) is 0 Å². The molecule has 0 amide bonds. The summed E-state index contributed by atoms with van der Waals surface area (Å²) in [6.07, 6.45) is 0. The van der Waals surface area contributed by atoms with Gasteiger partial charge in [-0.2, -0.15) is 0 Å². The van der Waals surface area contributed by atoms with Crippen LogP contribution in [0.3, 0.4) is 0 Å². The van der Waals surface area contributed by atoms with Crippen LogP contribution in [0.1, 0.15) is 10.4 Å². The molecule has 0 aliphatic carbocycles. The average Bonchev–Trinajstić information content (AvgIpc) is 2.94. The predicted molar refractivity (Wildman–Crippen MR) is 98.0 cm³/mol. The lowest BCUT2D eigenvalue weighted by Gasteiger charge is -2.05. The average molecular weight is 378 g/mol. The Morgan fingerprint density at radius 2 is 1.92 bits per heavy atom. The zero-order chi connectivity index (χ0) is 17.1. The van der Waals surface area contributed by atoms with E-state index in [4.69, 9.17) is 23.2 Å². The highest BCUT2D eigenvalue weighted by Crippen LogP contribution is 2.26. The van der Waals surface area contributed by atoms with Crippen molar-refractivity contribution < 1.29 is 4.79 Å². The number of ketones is 1. The van der Waals surface area contributed by atoms with Crippen LogP contribution in [-0.2, 0) is 7.05 Å². The van der Waals surface area contributed by atoms with E-state index in [9.17, 15) is 4.79 Å². The van der Waals surface area contributed by atoms with E-state index in [1.807, 2.05) is 29.8 Å². The third kappa shape index (κ3) is 3.64. The molecule has 24 heavy (non-hydrogen) atoms. The van der Waals surface area contributed by atoms with Gasteiger partial charge in [0.25, 0.3) is 0 Å². The van der Waals surface area contributed by atoms with Crippen molar-refractivity contribution in [3.05, 3.63) is 64.1 Å². The Bertz CT molecular complexity index is 895. The molecule has 1 heterocycles. The number of Topliss-reactive ketones (excluding diaryl/α,β-unsaturated/α-hetero) is 1. The standard InChI is InChI=1S/C17H13Cl2N3OS/c1-22-16(11-5-4-6-12(18)9-11)20-21-17(22)24-10-15(23)13-7-2-3-8-14(13)19/h2-9H,10H2,1H3. The molecule has 0 unspecified atom stereocenters. The molecule has 0 fully saturated rings. The fourth-order valence-electron chi connectivity index (χ4n) is 2.21. The SMILES string of the molecule is Cn1c(SCC(=O)c2ccccc2Cl)nnc1-c1cccc(Cl)c1. The Morgan fingerprint density at radius 3 is 2.67 bits per heavy atom. The number of carbonyl (C=O) groups is 1. The molecule has 3 rings (SSSR count). The summed E-state index contributed by atoms with van der Waals surface area (Å²) < 4.78 is 1.84. The number of thioether (sulfide) groups is 1. The first-order valence-electron chi connectivity index (χ1n) is 7.12. The van der Waals surface area contributed by atoms with Gasteiger partial charge >= 0.3 is 0 Å². The number of benzene rings is 2. The van der Waals surface area contributed by atoms with Crippen molar-refractivity contribution in [2.24, 2.45) is 7.05 Å². The van der Waals surface area contributed by atoms with Gasteiger partial charge in [-0.05, 0) is 24.3 Å². The zero-order valence-corrected chi connectivity index (χ0v) is 15.1. The Balaban J connectivity index is 1.75. The molecule has 0 aliphatic heterocycles. The molecule has 0 N–H and O–H groups in total. The number of aromatic nitrogens is 3. The molecule has 2 aromatic carbocycles. The van der Waals surface area contributed by atoms with Crippen LogP contribution in [0.15, 0.2) is 53.7 Å². The van der Waals surface area contributed by atoms with Gasteiger partial charge in [0.15, 0.2) is 16.8 Å². The normalized spacial score (nSPS) is 10.8. The van der Waals surface area contributed by atoms with E-state index in [0.29, 0.717) is 26.6 Å². The van der Waals surface area contributed by atoms with E-state index in [-0.39, 0.29) is 11.5 Å². The summed E-state index contributed by atoms with van der Waals surface area (Å²) in [5, 5.41) is 10.1. The number of hydrogen-bond donors (Lipinski definition) is 0. The highest BCUT2D eigenvalue weighted by molar-refractivity contribution is 7.99. The molecule has 0 bridgehead atoms. The van der Waals surface area contributed by atoms with Crippen molar-refractivity contribution in [3.8, 4) is 11.4 Å². The Kier molecular flexibility index (Phi) is 5.23. The van der Waals surface area contributed by atoms with E-state index in [1.165, 1.54) is 11.8 Å². The number of nitrogens with zero attached hydrogens (tertiary/aromatic N) is 3. The van der Waals surface area contributed by atoms with Gasteiger partial charge < -0.3 is 4.57 Å². The van der Waals surface area contributed by atoms with Crippen LogP contribution in [0.25, 0.3) is 11.4 Å². The molecule has 122 valence electrons. The van der Waals surface area contributed by atoms with Gasteiger partial charge in [-0.25, -0.2) is 0 Å². The van der Waals surface area contributed by atoms with Gasteiger partial charge in [0.05, 0.1) is 10.8 Å². The van der Waals surface area contributed by atoms with Gasteiger partial charge in [0.2, 0.25) is 0 Å². The molecular formula is C17H13Cl2N3OS. The minimum Gasteiger partial charge on any atom is -0.305 e. The van der Waals surface area contributed by atoms with Crippen LogP contribution in [0, 0.1) is 0 Å². The summed E-state index contributed by atoms with van der Waals surface area (Å²) in [6.45, 7) is 0. The minimum absolute atomic E-state index is 0.0436. The third-order valence-corrected chi connectivity index (χ3v) is 5.01. The second-order valence-electron chi connectivity index (χ2n) is 5.07. The summed E-state index contributed by atoms with van der Waals surface area (Å²) >= 11 is 13.4. The molecule has 7 heteroatoms. The third-order valence-electron chi connectivity index (χ3n) is 3.42. The van der Waals surface area contributed by atoms with Gasteiger partial charge in [-0.1, -0.05) is 59.2 Å². The summed E-state index contributed by atoms with van der Waals surface area (Å²) in [7, 11) is 1.86. The minimum atomic E-state index is -0.0436. The van der Waals surface area contributed by atoms with E-state index < -0.39 is 0 Å². The molecule has 0 saturated carbocycles. The fourth-order valence-corrected chi connectivity index (χ4v) is 3.44. The molecule has 1 aromatic heterocycles.